The first-order valence-electron chi connectivity index (χ1n) is 5.75. The predicted octanol–water partition coefficient (Wildman–Crippen LogP) is 3.84. The van der Waals surface area contributed by atoms with Gasteiger partial charge >= 0.3 is 0 Å². The van der Waals surface area contributed by atoms with Crippen LogP contribution in [0.3, 0.4) is 0 Å². The van der Waals surface area contributed by atoms with Crippen LogP contribution in [0.25, 0.3) is 20.8 Å². The highest BCUT2D eigenvalue weighted by atomic mass is 32.1. The summed E-state index contributed by atoms with van der Waals surface area (Å²) in [6.07, 6.45) is 0. The summed E-state index contributed by atoms with van der Waals surface area (Å²) in [6.45, 7) is 0. The highest BCUT2D eigenvalue weighted by molar-refractivity contribution is 7.21. The SMILES string of the molecule is COc1ccc(-c2nc3ccc(C#N)cc3s2)cc1. The lowest BCUT2D eigenvalue weighted by Gasteiger charge is -1.99. The third kappa shape index (κ3) is 2.16. The second-order valence-corrected chi connectivity index (χ2v) is 5.07. The molecule has 0 aliphatic rings. The number of ether oxygens (including phenoxy) is 1. The molecule has 4 heteroatoms. The number of nitriles is 1. The fourth-order valence-corrected chi connectivity index (χ4v) is 2.86. The van der Waals surface area contributed by atoms with Crippen LogP contribution in [0, 0.1) is 11.3 Å². The standard InChI is InChI=1S/C15H10N2OS/c1-18-12-5-3-11(4-6-12)15-17-13-7-2-10(9-16)8-14(13)19-15/h2-8H,1H3. The first-order chi connectivity index (χ1) is 9.30. The van der Waals surface area contributed by atoms with Crippen molar-refractivity contribution in [1.82, 2.24) is 4.98 Å². The van der Waals surface area contributed by atoms with Crippen molar-refractivity contribution in [1.29, 1.82) is 5.26 Å². The molecule has 0 radical (unpaired) electrons. The van der Waals surface area contributed by atoms with Gasteiger partial charge in [-0.15, -0.1) is 11.3 Å². The Balaban J connectivity index is 2.07. The smallest absolute Gasteiger partial charge is 0.124 e. The summed E-state index contributed by atoms with van der Waals surface area (Å²) in [5, 5.41) is 9.85. The number of hydrogen-bond donors (Lipinski definition) is 0. The minimum absolute atomic E-state index is 0.664. The van der Waals surface area contributed by atoms with Crippen molar-refractivity contribution < 1.29 is 4.74 Å². The largest absolute Gasteiger partial charge is 0.497 e. The van der Waals surface area contributed by atoms with Crippen LogP contribution in [-0.2, 0) is 0 Å². The molecule has 0 atom stereocenters. The van der Waals surface area contributed by atoms with Gasteiger partial charge < -0.3 is 4.74 Å². The zero-order chi connectivity index (χ0) is 13.2. The van der Waals surface area contributed by atoms with Crippen LogP contribution in [0.5, 0.6) is 5.75 Å². The lowest BCUT2D eigenvalue weighted by molar-refractivity contribution is 0.415. The number of fused-ring (bicyclic) bond motifs is 1. The van der Waals surface area contributed by atoms with Gasteiger partial charge in [-0.3, -0.25) is 0 Å². The molecule has 3 aromatic rings. The normalized spacial score (nSPS) is 10.3. The van der Waals surface area contributed by atoms with E-state index in [-0.39, 0.29) is 0 Å². The lowest BCUT2D eigenvalue weighted by atomic mass is 10.2. The second kappa shape index (κ2) is 4.71. The Hall–Kier alpha value is -2.38. The van der Waals surface area contributed by atoms with Crippen LogP contribution in [0.2, 0.25) is 0 Å². The molecule has 2 aromatic carbocycles. The van der Waals surface area contributed by atoms with Gasteiger partial charge in [0, 0.05) is 5.56 Å². The zero-order valence-corrected chi connectivity index (χ0v) is 11.1. The number of methoxy groups -OCH3 is 1. The number of hydrogen-bond acceptors (Lipinski definition) is 4. The molecule has 0 aliphatic carbocycles. The molecule has 0 fully saturated rings. The molecule has 0 aliphatic heterocycles. The Morgan fingerprint density at radius 2 is 1.95 bits per heavy atom. The number of aromatic nitrogens is 1. The van der Waals surface area contributed by atoms with Gasteiger partial charge in [-0.25, -0.2) is 4.98 Å². The highest BCUT2D eigenvalue weighted by Crippen LogP contribution is 2.31. The summed E-state index contributed by atoms with van der Waals surface area (Å²) >= 11 is 1.59. The van der Waals surface area contributed by atoms with Gasteiger partial charge in [0.1, 0.15) is 10.8 Å². The molecule has 19 heavy (non-hydrogen) atoms. The minimum atomic E-state index is 0.664. The fourth-order valence-electron chi connectivity index (χ4n) is 1.85. The molecule has 3 nitrogen and oxygen atoms in total. The predicted molar refractivity (Wildman–Crippen MR) is 76.3 cm³/mol. The molecule has 1 aromatic heterocycles. The maximum absolute atomic E-state index is 8.90. The summed E-state index contributed by atoms with van der Waals surface area (Å²) in [4.78, 5) is 4.58. The van der Waals surface area contributed by atoms with E-state index in [1.165, 1.54) is 0 Å². The van der Waals surface area contributed by atoms with Gasteiger partial charge in [-0.05, 0) is 42.5 Å². The van der Waals surface area contributed by atoms with Gasteiger partial charge in [0.15, 0.2) is 0 Å². The van der Waals surface area contributed by atoms with Gasteiger partial charge in [-0.2, -0.15) is 5.26 Å². The Morgan fingerprint density at radius 1 is 1.16 bits per heavy atom. The molecule has 0 spiro atoms. The van der Waals surface area contributed by atoms with Crippen molar-refractivity contribution in [3.63, 3.8) is 0 Å². The van der Waals surface area contributed by atoms with Crippen molar-refractivity contribution in [3.8, 4) is 22.4 Å². The number of nitrogens with zero attached hydrogens (tertiary/aromatic N) is 2. The average molecular weight is 266 g/mol. The van der Waals surface area contributed by atoms with E-state index in [0.717, 1.165) is 26.5 Å². The van der Waals surface area contributed by atoms with E-state index in [1.54, 1.807) is 24.5 Å². The van der Waals surface area contributed by atoms with E-state index >= 15 is 0 Å². The van der Waals surface area contributed by atoms with Crippen LogP contribution in [0.4, 0.5) is 0 Å². The first-order valence-corrected chi connectivity index (χ1v) is 6.57. The maximum atomic E-state index is 8.90. The van der Waals surface area contributed by atoms with Crippen LogP contribution >= 0.6 is 11.3 Å². The zero-order valence-electron chi connectivity index (χ0n) is 10.3. The topological polar surface area (TPSA) is 45.9 Å². The van der Waals surface area contributed by atoms with E-state index in [4.69, 9.17) is 10.00 Å². The summed E-state index contributed by atoms with van der Waals surface area (Å²) in [7, 11) is 1.65. The molecule has 0 amide bonds. The molecule has 0 N–H and O–H groups in total. The number of rotatable bonds is 2. The summed E-state index contributed by atoms with van der Waals surface area (Å²) in [5.74, 6) is 0.830. The average Bonchev–Trinajstić information content (AvgIpc) is 2.90. The summed E-state index contributed by atoms with van der Waals surface area (Å²) in [5.41, 5.74) is 2.65. The Kier molecular flexibility index (Phi) is 2.90. The van der Waals surface area contributed by atoms with E-state index in [2.05, 4.69) is 11.1 Å². The van der Waals surface area contributed by atoms with Gasteiger partial charge in [0.2, 0.25) is 0 Å². The molecule has 0 unspecified atom stereocenters. The Morgan fingerprint density at radius 3 is 2.63 bits per heavy atom. The summed E-state index contributed by atoms with van der Waals surface area (Å²) in [6, 6.07) is 15.5. The maximum Gasteiger partial charge on any atom is 0.124 e. The number of benzene rings is 2. The minimum Gasteiger partial charge on any atom is -0.497 e. The van der Waals surface area contributed by atoms with E-state index in [0.29, 0.717) is 5.56 Å². The van der Waals surface area contributed by atoms with Crippen LogP contribution in [0.1, 0.15) is 5.56 Å². The number of thiazole rings is 1. The molecule has 0 saturated heterocycles. The van der Waals surface area contributed by atoms with Gasteiger partial charge in [-0.1, -0.05) is 0 Å². The van der Waals surface area contributed by atoms with E-state index in [9.17, 15) is 0 Å². The fraction of sp³-hybridized carbons (Fsp3) is 0.0667. The van der Waals surface area contributed by atoms with Crippen molar-refractivity contribution >= 4 is 21.6 Å². The van der Waals surface area contributed by atoms with Crippen LogP contribution in [0.15, 0.2) is 42.5 Å². The third-order valence-electron chi connectivity index (χ3n) is 2.85. The van der Waals surface area contributed by atoms with Gasteiger partial charge in [0.25, 0.3) is 0 Å². The third-order valence-corrected chi connectivity index (χ3v) is 3.92. The van der Waals surface area contributed by atoms with Crippen molar-refractivity contribution in [2.24, 2.45) is 0 Å². The quantitative estimate of drug-likeness (QED) is 0.708. The monoisotopic (exact) mass is 266 g/mol. The van der Waals surface area contributed by atoms with Crippen molar-refractivity contribution in [2.75, 3.05) is 7.11 Å². The van der Waals surface area contributed by atoms with E-state index in [1.807, 2.05) is 36.4 Å². The van der Waals surface area contributed by atoms with Crippen LogP contribution in [-0.4, -0.2) is 12.1 Å². The molecule has 1 heterocycles. The highest BCUT2D eigenvalue weighted by Gasteiger charge is 2.07. The Bertz CT molecular complexity index is 769. The molecule has 3 rings (SSSR count). The van der Waals surface area contributed by atoms with Gasteiger partial charge in [0.05, 0.1) is 29.0 Å². The van der Waals surface area contributed by atoms with Crippen molar-refractivity contribution in [3.05, 3.63) is 48.0 Å². The second-order valence-electron chi connectivity index (χ2n) is 4.04. The molecular weight excluding hydrogens is 256 g/mol. The first kappa shape index (κ1) is 11.7. The molecular formula is C15H10N2OS. The summed E-state index contributed by atoms with van der Waals surface area (Å²) < 4.78 is 6.17. The van der Waals surface area contributed by atoms with E-state index < -0.39 is 0 Å². The molecule has 92 valence electrons. The molecule has 0 saturated carbocycles. The molecule has 0 bridgehead atoms. The van der Waals surface area contributed by atoms with Crippen LogP contribution < -0.4 is 4.74 Å². The van der Waals surface area contributed by atoms with Crippen molar-refractivity contribution in [2.45, 2.75) is 0 Å². The lowest BCUT2D eigenvalue weighted by Crippen LogP contribution is -1.82. The Labute approximate surface area is 114 Å².